The number of carboxylic acid groups (broad SMARTS) is 2. The van der Waals surface area contributed by atoms with Crippen LogP contribution in [0.2, 0.25) is 0 Å². The molecule has 4 atom stereocenters. The topological polar surface area (TPSA) is 177 Å². The number of amides is 2. The molecule has 0 fully saturated rings. The van der Waals surface area contributed by atoms with Crippen LogP contribution >= 0.6 is 0 Å². The summed E-state index contributed by atoms with van der Waals surface area (Å²) in [5.41, 5.74) is 7.42. The second-order valence-corrected chi connectivity index (χ2v) is 7.85. The summed E-state index contributed by atoms with van der Waals surface area (Å²) in [6.07, 6.45) is 1.56. The molecule has 0 bridgehead atoms. The Morgan fingerprint density at radius 3 is 2.36 bits per heavy atom. The summed E-state index contributed by atoms with van der Waals surface area (Å²) >= 11 is 0. The first kappa shape index (κ1) is 28.6. The number of aromatic amines is 1. The van der Waals surface area contributed by atoms with E-state index in [1.54, 1.807) is 13.1 Å². The summed E-state index contributed by atoms with van der Waals surface area (Å²) in [5, 5.41) is 26.2. The molecule has 1 heterocycles. The van der Waals surface area contributed by atoms with E-state index in [1.807, 2.05) is 31.2 Å². The fourth-order valence-electron chi connectivity index (χ4n) is 3.30. The van der Waals surface area contributed by atoms with Crippen LogP contribution in [-0.4, -0.2) is 52.0 Å². The summed E-state index contributed by atoms with van der Waals surface area (Å²) in [6.45, 7) is 3.64. The molecule has 2 aromatic rings. The molecule has 0 radical (unpaired) electrons. The molecule has 0 aliphatic carbocycles. The smallest absolute Gasteiger partial charge is 0.550 e. The molecule has 0 saturated heterocycles. The largest absolute Gasteiger partial charge is 1.00 e. The standard InChI is InChI=1S/C22H30N4O6.Na/c1-3-12(2)19(23)21(30)25-16(8-9-18(27)28)20(29)26-17(22(31)32)10-13-11-24-15-7-5-4-6-14(13)15;/h4-7,11-12,16-17,19,24H,3,8-10,23H2,1-2H3,(H,25,30)(H,26,29)(H,27,28)(H,31,32);/q;+1/p-1/t12-,16-,17-,19-;/m0./s1. The minimum absolute atomic E-state index is 0. The zero-order valence-corrected chi connectivity index (χ0v) is 21.1. The number of carbonyl (C=O) groups is 4. The van der Waals surface area contributed by atoms with Crippen molar-refractivity contribution in [2.24, 2.45) is 11.7 Å². The van der Waals surface area contributed by atoms with Crippen molar-refractivity contribution in [3.63, 3.8) is 0 Å². The zero-order chi connectivity index (χ0) is 23.8. The number of nitrogens with one attached hydrogen (secondary N) is 3. The van der Waals surface area contributed by atoms with Crippen LogP contribution < -0.4 is 51.0 Å². The molecule has 174 valence electrons. The molecule has 33 heavy (non-hydrogen) atoms. The van der Waals surface area contributed by atoms with Crippen molar-refractivity contribution in [1.82, 2.24) is 15.6 Å². The van der Waals surface area contributed by atoms with E-state index in [0.29, 0.717) is 12.0 Å². The van der Waals surface area contributed by atoms with Gasteiger partial charge in [-0.25, -0.2) is 4.79 Å². The maximum Gasteiger partial charge on any atom is 1.00 e. The third kappa shape index (κ3) is 8.15. The number of nitrogens with two attached hydrogens (primary N) is 1. The van der Waals surface area contributed by atoms with Crippen LogP contribution in [0.1, 0.15) is 38.7 Å². The Morgan fingerprint density at radius 1 is 1.12 bits per heavy atom. The van der Waals surface area contributed by atoms with Gasteiger partial charge in [-0.1, -0.05) is 38.5 Å². The Morgan fingerprint density at radius 2 is 1.76 bits per heavy atom. The van der Waals surface area contributed by atoms with Gasteiger partial charge in [-0.3, -0.25) is 9.59 Å². The Labute approximate surface area is 214 Å². The van der Waals surface area contributed by atoms with E-state index in [2.05, 4.69) is 15.6 Å². The predicted octanol–water partition coefficient (Wildman–Crippen LogP) is -3.33. The van der Waals surface area contributed by atoms with Crippen molar-refractivity contribution in [3.8, 4) is 0 Å². The number of H-pyrrole nitrogens is 1. The third-order valence-electron chi connectivity index (χ3n) is 5.54. The van der Waals surface area contributed by atoms with Gasteiger partial charge in [0.1, 0.15) is 12.1 Å². The Kier molecular flexibility index (Phi) is 11.6. The van der Waals surface area contributed by atoms with E-state index in [1.165, 1.54) is 0 Å². The summed E-state index contributed by atoms with van der Waals surface area (Å²) in [4.78, 5) is 51.0. The molecule has 11 heteroatoms. The van der Waals surface area contributed by atoms with Crippen LogP contribution in [0.4, 0.5) is 0 Å². The number of benzene rings is 1. The first-order valence-electron chi connectivity index (χ1n) is 10.5. The third-order valence-corrected chi connectivity index (χ3v) is 5.54. The summed E-state index contributed by atoms with van der Waals surface area (Å²) < 4.78 is 0. The van der Waals surface area contributed by atoms with Crippen molar-refractivity contribution in [2.45, 2.75) is 57.7 Å². The summed E-state index contributed by atoms with van der Waals surface area (Å²) in [7, 11) is 0. The quantitative estimate of drug-likeness (QED) is 0.202. The first-order valence-corrected chi connectivity index (χ1v) is 10.5. The summed E-state index contributed by atoms with van der Waals surface area (Å²) in [6, 6.07) is 3.90. The second-order valence-electron chi connectivity index (χ2n) is 7.85. The monoisotopic (exact) mass is 468 g/mol. The van der Waals surface area contributed by atoms with Gasteiger partial charge in [-0.05, 0) is 30.4 Å². The number of hydrogen-bond donors (Lipinski definition) is 5. The predicted molar refractivity (Wildman–Crippen MR) is 115 cm³/mol. The number of para-hydroxylation sites is 1. The number of fused-ring (bicyclic) bond motifs is 1. The average Bonchev–Trinajstić information content (AvgIpc) is 3.17. The minimum atomic E-state index is -1.39. The van der Waals surface area contributed by atoms with Gasteiger partial charge in [0.05, 0.1) is 6.04 Å². The molecule has 10 nitrogen and oxygen atoms in total. The molecule has 0 saturated carbocycles. The van der Waals surface area contributed by atoms with Crippen LogP contribution in [0.25, 0.3) is 10.9 Å². The van der Waals surface area contributed by atoms with Gasteiger partial charge in [-0.2, -0.15) is 0 Å². The van der Waals surface area contributed by atoms with Gasteiger partial charge >= 0.3 is 35.5 Å². The van der Waals surface area contributed by atoms with Gasteiger partial charge in [-0.15, -0.1) is 0 Å². The van der Waals surface area contributed by atoms with Gasteiger partial charge in [0.2, 0.25) is 11.8 Å². The van der Waals surface area contributed by atoms with Gasteiger partial charge < -0.3 is 36.4 Å². The first-order chi connectivity index (χ1) is 15.1. The van der Waals surface area contributed by atoms with E-state index >= 15 is 0 Å². The molecule has 0 aliphatic rings. The molecule has 2 rings (SSSR count). The Bertz CT molecular complexity index is 979. The average molecular weight is 468 g/mol. The number of carbonyl (C=O) groups excluding carboxylic acids is 3. The van der Waals surface area contributed by atoms with Crippen molar-refractivity contribution in [3.05, 3.63) is 36.0 Å². The van der Waals surface area contributed by atoms with Crippen LogP contribution in [0.5, 0.6) is 0 Å². The molecular formula is C22H29N4NaO6. The van der Waals surface area contributed by atoms with Crippen molar-refractivity contribution in [1.29, 1.82) is 0 Å². The number of hydrogen-bond acceptors (Lipinski definition) is 6. The molecule has 2 amide bonds. The molecule has 0 aliphatic heterocycles. The molecule has 6 N–H and O–H groups in total. The Hall–Kier alpha value is -2.40. The van der Waals surface area contributed by atoms with Crippen LogP contribution in [0.3, 0.4) is 0 Å². The number of carboxylic acids is 2. The van der Waals surface area contributed by atoms with E-state index in [-0.39, 0.29) is 48.3 Å². The maximum absolute atomic E-state index is 12.8. The van der Waals surface area contributed by atoms with Crippen LogP contribution in [-0.2, 0) is 25.6 Å². The molecule has 0 unspecified atom stereocenters. The molecule has 0 spiro atoms. The fraction of sp³-hybridized carbons (Fsp3) is 0.455. The van der Waals surface area contributed by atoms with Crippen molar-refractivity contribution in [2.75, 3.05) is 0 Å². The van der Waals surface area contributed by atoms with Crippen LogP contribution in [0, 0.1) is 5.92 Å². The number of rotatable bonds is 12. The minimum Gasteiger partial charge on any atom is -0.550 e. The van der Waals surface area contributed by atoms with E-state index in [4.69, 9.17) is 5.73 Å². The number of aromatic nitrogens is 1. The van der Waals surface area contributed by atoms with Crippen LogP contribution in [0.15, 0.2) is 30.5 Å². The number of aliphatic carboxylic acids is 2. The molecule has 1 aromatic carbocycles. The fourth-order valence-corrected chi connectivity index (χ4v) is 3.30. The van der Waals surface area contributed by atoms with Crippen molar-refractivity contribution < 1.29 is 58.9 Å². The molecule has 1 aromatic heterocycles. The summed E-state index contributed by atoms with van der Waals surface area (Å²) in [5.74, 6) is -4.22. The van der Waals surface area contributed by atoms with Gasteiger partial charge in [0, 0.05) is 29.5 Å². The van der Waals surface area contributed by atoms with E-state index < -0.39 is 48.3 Å². The van der Waals surface area contributed by atoms with Gasteiger partial charge in [0.25, 0.3) is 0 Å². The molecular weight excluding hydrogens is 439 g/mol. The van der Waals surface area contributed by atoms with E-state index in [0.717, 1.165) is 10.9 Å². The Balaban J connectivity index is 0.00000544. The normalized spacial score (nSPS) is 14.4. The van der Waals surface area contributed by atoms with Gasteiger partial charge in [0.15, 0.2) is 0 Å². The van der Waals surface area contributed by atoms with E-state index in [9.17, 15) is 29.4 Å². The maximum atomic E-state index is 12.8. The zero-order valence-electron chi connectivity index (χ0n) is 19.1. The second kappa shape index (κ2) is 13.3. The SMILES string of the molecule is CC[C@H](C)[C@H](N)C(=O)N[C@@H](CCC(=O)[O-])C(=O)N[C@@H](Cc1c[nH]c2ccccc12)C(=O)O.[Na+]. The van der Waals surface area contributed by atoms with Crippen molar-refractivity contribution >= 4 is 34.7 Å².